The van der Waals surface area contributed by atoms with E-state index in [2.05, 4.69) is 0 Å². The van der Waals surface area contributed by atoms with E-state index in [1.165, 1.54) is 13.0 Å². The highest BCUT2D eigenvalue weighted by Crippen LogP contribution is 2.36. The zero-order chi connectivity index (χ0) is 21.9. The standard InChI is InChI=1S/C23H26O6/c1-11-6-12(24)19(17-13(25)7-22(2,3)8-14(17)26)20(21(11)29)18-15(27)9-23(4,5)10-16(18)28/h6,24,29H,7-10H2,1-5H3. The van der Waals surface area contributed by atoms with Crippen LogP contribution in [0.25, 0.3) is 11.1 Å². The molecule has 0 unspecified atom stereocenters. The van der Waals surface area contributed by atoms with Crippen LogP contribution < -0.4 is 10.4 Å². The molecule has 1 aromatic carbocycles. The zero-order valence-corrected chi connectivity index (χ0v) is 17.4. The van der Waals surface area contributed by atoms with Gasteiger partial charge in [0.1, 0.15) is 11.5 Å². The number of phenols is 2. The maximum atomic E-state index is 12.9. The van der Waals surface area contributed by atoms with Gasteiger partial charge in [0.25, 0.3) is 0 Å². The lowest BCUT2D eigenvalue weighted by Crippen LogP contribution is -2.43. The third kappa shape index (κ3) is 3.63. The molecule has 0 atom stereocenters. The summed E-state index contributed by atoms with van der Waals surface area (Å²) in [6, 6.07) is 1.24. The molecule has 1 aromatic rings. The van der Waals surface area contributed by atoms with Crippen LogP contribution in [-0.4, -0.2) is 33.3 Å². The number of Topliss-reactive ketones (excluding diaryl/α,β-unsaturated/α-hetero) is 4. The minimum atomic E-state index is -0.521. The SMILES string of the molecule is Cc1cc(O)c(=C2C(=O)CC(C)(C)CC2=O)c(=C2C(=O)CC(C)(C)CC2=O)c1O. The van der Waals surface area contributed by atoms with Crippen molar-refractivity contribution in [3.63, 3.8) is 0 Å². The van der Waals surface area contributed by atoms with Crippen LogP contribution in [0.2, 0.25) is 0 Å². The third-order valence-electron chi connectivity index (χ3n) is 5.64. The van der Waals surface area contributed by atoms with Crippen molar-refractivity contribution in [3.05, 3.63) is 22.1 Å². The van der Waals surface area contributed by atoms with Crippen molar-refractivity contribution in [2.24, 2.45) is 10.8 Å². The third-order valence-corrected chi connectivity index (χ3v) is 5.64. The van der Waals surface area contributed by atoms with Crippen LogP contribution in [0, 0.1) is 17.8 Å². The lowest BCUT2D eigenvalue weighted by Gasteiger charge is -2.30. The Hall–Kier alpha value is -2.76. The monoisotopic (exact) mass is 398 g/mol. The maximum Gasteiger partial charge on any atom is 0.167 e. The van der Waals surface area contributed by atoms with E-state index in [1.807, 2.05) is 0 Å². The Balaban J connectivity index is 2.52. The number of carbonyl (C=O) groups is 4. The number of phenolic OH excluding ortho intramolecular Hbond substituents is 2. The van der Waals surface area contributed by atoms with Gasteiger partial charge in [-0.3, -0.25) is 19.2 Å². The van der Waals surface area contributed by atoms with Gasteiger partial charge in [-0.05, 0) is 29.4 Å². The number of aromatic hydroxyl groups is 2. The highest BCUT2D eigenvalue weighted by molar-refractivity contribution is 6.45. The molecule has 154 valence electrons. The Kier molecular flexibility index (Phi) is 4.80. The van der Waals surface area contributed by atoms with Crippen LogP contribution in [0.3, 0.4) is 0 Å². The second kappa shape index (κ2) is 6.65. The van der Waals surface area contributed by atoms with Crippen LogP contribution in [0.5, 0.6) is 11.5 Å². The van der Waals surface area contributed by atoms with Crippen molar-refractivity contribution in [3.8, 4) is 11.5 Å². The first-order valence-corrected chi connectivity index (χ1v) is 9.67. The summed E-state index contributed by atoms with van der Waals surface area (Å²) >= 11 is 0. The minimum absolute atomic E-state index is 0.0891. The molecule has 0 spiro atoms. The lowest BCUT2D eigenvalue weighted by molar-refractivity contribution is -0.126. The van der Waals surface area contributed by atoms with E-state index in [-0.39, 0.29) is 58.6 Å². The van der Waals surface area contributed by atoms with Gasteiger partial charge in [0.05, 0.1) is 11.1 Å². The molecule has 0 bridgehead atoms. The molecule has 29 heavy (non-hydrogen) atoms. The van der Waals surface area contributed by atoms with E-state index in [4.69, 9.17) is 0 Å². The van der Waals surface area contributed by atoms with Gasteiger partial charge >= 0.3 is 0 Å². The van der Waals surface area contributed by atoms with Gasteiger partial charge < -0.3 is 10.2 Å². The summed E-state index contributed by atoms with van der Waals surface area (Å²) in [6.45, 7) is 8.73. The molecule has 0 heterocycles. The fraction of sp³-hybridized carbons (Fsp3) is 0.478. The summed E-state index contributed by atoms with van der Waals surface area (Å²) in [6.07, 6.45) is 0.357. The topological polar surface area (TPSA) is 109 Å². The Bertz CT molecular complexity index is 1060. The van der Waals surface area contributed by atoms with Gasteiger partial charge in [0, 0.05) is 36.1 Å². The number of rotatable bonds is 0. The molecule has 0 amide bonds. The Labute approximate surface area is 168 Å². The number of carbonyl (C=O) groups excluding carboxylic acids is 4. The van der Waals surface area contributed by atoms with E-state index in [0.717, 1.165) is 0 Å². The molecule has 2 N–H and O–H groups in total. The van der Waals surface area contributed by atoms with Crippen molar-refractivity contribution < 1.29 is 29.4 Å². The summed E-state index contributed by atoms with van der Waals surface area (Å²) in [5, 5.41) is 21.0. The average molecular weight is 398 g/mol. The number of hydrogen-bond acceptors (Lipinski definition) is 6. The Morgan fingerprint density at radius 3 is 1.41 bits per heavy atom. The molecule has 2 fully saturated rings. The lowest BCUT2D eigenvalue weighted by atomic mass is 9.72. The summed E-state index contributed by atoms with van der Waals surface area (Å²) in [4.78, 5) is 51.4. The quantitative estimate of drug-likeness (QED) is 0.643. The predicted octanol–water partition coefficient (Wildman–Crippen LogP) is 1.62. The fourth-order valence-corrected chi connectivity index (χ4v) is 4.37. The van der Waals surface area contributed by atoms with Crippen molar-refractivity contribution in [1.82, 2.24) is 0 Å². The predicted molar refractivity (Wildman–Crippen MR) is 107 cm³/mol. The van der Waals surface area contributed by atoms with Crippen molar-refractivity contribution >= 4 is 34.3 Å². The molecule has 2 saturated carbocycles. The van der Waals surface area contributed by atoms with Gasteiger partial charge in [-0.1, -0.05) is 27.7 Å². The molecule has 2 aliphatic carbocycles. The van der Waals surface area contributed by atoms with E-state index in [1.54, 1.807) is 27.7 Å². The molecular formula is C23H26O6. The summed E-state index contributed by atoms with van der Waals surface area (Å²) in [5.41, 5.74) is -1.28. The average Bonchev–Trinajstić information content (AvgIpc) is 2.50. The van der Waals surface area contributed by atoms with Crippen LogP contribution in [0.1, 0.15) is 58.9 Å². The number of benzene rings is 1. The first-order chi connectivity index (χ1) is 13.2. The molecule has 3 rings (SSSR count). The molecule has 6 heteroatoms. The van der Waals surface area contributed by atoms with Crippen molar-refractivity contribution in [2.75, 3.05) is 0 Å². The molecule has 2 aliphatic rings. The maximum absolute atomic E-state index is 12.9. The second-order valence-corrected chi connectivity index (χ2v) is 9.79. The van der Waals surface area contributed by atoms with Gasteiger partial charge in [0.2, 0.25) is 0 Å². The zero-order valence-electron chi connectivity index (χ0n) is 17.4. The minimum Gasteiger partial charge on any atom is -0.507 e. The highest BCUT2D eigenvalue weighted by Gasteiger charge is 2.39. The molecular weight excluding hydrogens is 372 g/mol. The first-order valence-electron chi connectivity index (χ1n) is 9.67. The molecule has 6 nitrogen and oxygen atoms in total. The molecule has 0 saturated heterocycles. The number of hydrogen-bond donors (Lipinski definition) is 2. The first kappa shape index (κ1) is 21.0. The normalized spacial score (nSPS) is 21.7. The molecule has 0 aromatic heterocycles. The van der Waals surface area contributed by atoms with E-state index < -0.39 is 39.7 Å². The smallest absolute Gasteiger partial charge is 0.167 e. The van der Waals surface area contributed by atoms with Gasteiger partial charge in [-0.2, -0.15) is 0 Å². The summed E-state index contributed by atoms with van der Waals surface area (Å²) in [5.74, 6) is -2.64. The van der Waals surface area contributed by atoms with E-state index in [0.29, 0.717) is 0 Å². The number of ketones is 4. The summed E-state index contributed by atoms with van der Waals surface area (Å²) in [7, 11) is 0. The number of aryl methyl sites for hydroxylation is 1. The van der Waals surface area contributed by atoms with Gasteiger partial charge in [-0.25, -0.2) is 0 Å². The van der Waals surface area contributed by atoms with E-state index in [9.17, 15) is 29.4 Å². The van der Waals surface area contributed by atoms with Gasteiger partial charge in [-0.15, -0.1) is 0 Å². The molecule has 0 radical (unpaired) electrons. The largest absolute Gasteiger partial charge is 0.507 e. The Morgan fingerprint density at radius 1 is 0.690 bits per heavy atom. The van der Waals surface area contributed by atoms with Crippen LogP contribution in [0.4, 0.5) is 0 Å². The highest BCUT2D eigenvalue weighted by atomic mass is 16.3. The summed E-state index contributed by atoms with van der Waals surface area (Å²) < 4.78 is 0. The van der Waals surface area contributed by atoms with Crippen LogP contribution in [0.15, 0.2) is 6.07 Å². The van der Waals surface area contributed by atoms with Crippen LogP contribution >= 0.6 is 0 Å². The molecule has 0 aliphatic heterocycles. The van der Waals surface area contributed by atoms with Gasteiger partial charge in [0.15, 0.2) is 23.1 Å². The fourth-order valence-electron chi connectivity index (χ4n) is 4.37. The van der Waals surface area contributed by atoms with Crippen molar-refractivity contribution in [2.45, 2.75) is 60.3 Å². The van der Waals surface area contributed by atoms with Crippen LogP contribution in [-0.2, 0) is 19.2 Å². The van der Waals surface area contributed by atoms with Crippen molar-refractivity contribution in [1.29, 1.82) is 0 Å². The second-order valence-electron chi connectivity index (χ2n) is 9.79. The van der Waals surface area contributed by atoms with E-state index >= 15 is 0 Å². The Morgan fingerprint density at radius 2 is 1.03 bits per heavy atom.